The van der Waals surface area contributed by atoms with E-state index in [4.69, 9.17) is 6.42 Å². The maximum Gasteiger partial charge on any atom is 0.269 e. The largest absolute Gasteiger partial charge is 0.347 e. The fraction of sp³-hybridized carbons (Fsp3) is 0.500. The van der Waals surface area contributed by atoms with Crippen LogP contribution in [-0.2, 0) is 6.54 Å². The highest BCUT2D eigenvalue weighted by Crippen LogP contribution is 2.04. The van der Waals surface area contributed by atoms with Crippen LogP contribution in [0.25, 0.3) is 0 Å². The van der Waals surface area contributed by atoms with Crippen molar-refractivity contribution in [2.24, 2.45) is 0 Å². The minimum absolute atomic E-state index is 0.0157. The van der Waals surface area contributed by atoms with Gasteiger partial charge in [-0.3, -0.25) is 9.48 Å². The van der Waals surface area contributed by atoms with E-state index in [9.17, 15) is 4.79 Å². The van der Waals surface area contributed by atoms with Crippen molar-refractivity contribution >= 4 is 5.91 Å². The van der Waals surface area contributed by atoms with Crippen molar-refractivity contribution in [1.29, 1.82) is 0 Å². The van der Waals surface area contributed by atoms with E-state index in [-0.39, 0.29) is 11.9 Å². The minimum atomic E-state index is -0.120. The summed E-state index contributed by atoms with van der Waals surface area (Å²) in [5.74, 6) is 2.40. The molecule has 86 valence electrons. The van der Waals surface area contributed by atoms with Crippen LogP contribution in [0.15, 0.2) is 6.07 Å². The fourth-order valence-corrected chi connectivity index (χ4v) is 1.49. The number of aryl methyl sites for hydroxylation is 2. The van der Waals surface area contributed by atoms with Crippen molar-refractivity contribution in [3.63, 3.8) is 0 Å². The lowest BCUT2D eigenvalue weighted by Crippen LogP contribution is -2.33. The zero-order valence-electron chi connectivity index (χ0n) is 9.95. The number of aromatic nitrogens is 2. The molecule has 1 aromatic heterocycles. The average molecular weight is 219 g/mol. The van der Waals surface area contributed by atoms with Gasteiger partial charge >= 0.3 is 0 Å². The molecule has 1 rings (SSSR count). The number of carbonyl (C=O) groups is 1. The molecule has 4 nitrogen and oxygen atoms in total. The summed E-state index contributed by atoms with van der Waals surface area (Å²) in [7, 11) is 0. The molecule has 0 saturated heterocycles. The minimum Gasteiger partial charge on any atom is -0.347 e. The molecule has 16 heavy (non-hydrogen) atoms. The van der Waals surface area contributed by atoms with Gasteiger partial charge in [-0.15, -0.1) is 12.3 Å². The molecule has 1 unspecified atom stereocenters. The molecule has 0 aromatic carbocycles. The van der Waals surface area contributed by atoms with E-state index in [1.165, 1.54) is 0 Å². The first kappa shape index (κ1) is 12.3. The Labute approximate surface area is 96.0 Å². The Morgan fingerprint density at radius 3 is 3.00 bits per heavy atom. The van der Waals surface area contributed by atoms with E-state index in [0.717, 1.165) is 5.69 Å². The topological polar surface area (TPSA) is 46.9 Å². The summed E-state index contributed by atoms with van der Waals surface area (Å²) in [6.07, 6.45) is 5.72. The Bertz CT molecular complexity index is 414. The number of amides is 1. The zero-order chi connectivity index (χ0) is 12.1. The van der Waals surface area contributed by atoms with Gasteiger partial charge in [-0.2, -0.15) is 5.10 Å². The first-order valence-electron chi connectivity index (χ1n) is 5.37. The highest BCUT2D eigenvalue weighted by molar-refractivity contribution is 5.92. The highest BCUT2D eigenvalue weighted by Gasteiger charge is 2.14. The molecular formula is C12H17N3O. The third-order valence-electron chi connectivity index (χ3n) is 2.24. The van der Waals surface area contributed by atoms with Crippen LogP contribution in [0.5, 0.6) is 0 Å². The molecule has 1 aromatic rings. The normalized spacial score (nSPS) is 11.9. The van der Waals surface area contributed by atoms with Crippen molar-refractivity contribution in [2.45, 2.75) is 39.8 Å². The third-order valence-corrected chi connectivity index (χ3v) is 2.24. The molecule has 0 aliphatic heterocycles. The van der Waals surface area contributed by atoms with E-state index >= 15 is 0 Å². The molecule has 0 radical (unpaired) electrons. The van der Waals surface area contributed by atoms with E-state index in [2.05, 4.69) is 16.3 Å². The quantitative estimate of drug-likeness (QED) is 0.777. The van der Waals surface area contributed by atoms with E-state index in [1.807, 2.05) is 20.8 Å². The van der Waals surface area contributed by atoms with Crippen LogP contribution in [0.1, 0.15) is 36.5 Å². The van der Waals surface area contributed by atoms with Crippen molar-refractivity contribution in [2.75, 3.05) is 0 Å². The number of terminal acetylenes is 1. The Morgan fingerprint density at radius 1 is 1.75 bits per heavy atom. The van der Waals surface area contributed by atoms with Crippen LogP contribution in [0.3, 0.4) is 0 Å². The molecule has 4 heteroatoms. The molecule has 1 heterocycles. The van der Waals surface area contributed by atoms with Gasteiger partial charge in [0, 0.05) is 19.0 Å². The second-order valence-corrected chi connectivity index (χ2v) is 3.77. The summed E-state index contributed by atoms with van der Waals surface area (Å²) in [5.41, 5.74) is 1.43. The van der Waals surface area contributed by atoms with Crippen LogP contribution < -0.4 is 5.32 Å². The summed E-state index contributed by atoms with van der Waals surface area (Å²) in [4.78, 5) is 11.9. The molecule has 0 fully saturated rings. The number of carbonyl (C=O) groups excluding carboxylic acids is 1. The molecule has 0 saturated carbocycles. The smallest absolute Gasteiger partial charge is 0.269 e. The van der Waals surface area contributed by atoms with Crippen molar-refractivity contribution in [3.8, 4) is 12.3 Å². The van der Waals surface area contributed by atoms with Crippen LogP contribution in [0, 0.1) is 19.3 Å². The first-order valence-corrected chi connectivity index (χ1v) is 5.37. The molecule has 0 aliphatic rings. The molecule has 0 spiro atoms. The molecule has 0 bridgehead atoms. The Balaban J connectivity index is 2.76. The van der Waals surface area contributed by atoms with Gasteiger partial charge in [0.2, 0.25) is 0 Å². The average Bonchev–Trinajstić information content (AvgIpc) is 2.59. The lowest BCUT2D eigenvalue weighted by Gasteiger charge is -2.11. The molecular weight excluding hydrogens is 202 g/mol. The highest BCUT2D eigenvalue weighted by atomic mass is 16.2. The number of hydrogen-bond donors (Lipinski definition) is 1. The molecule has 1 atom stereocenters. The van der Waals surface area contributed by atoms with Gasteiger partial charge in [0.05, 0.1) is 5.69 Å². The van der Waals surface area contributed by atoms with Gasteiger partial charge in [0.15, 0.2) is 0 Å². The Kier molecular flexibility index (Phi) is 4.12. The van der Waals surface area contributed by atoms with Crippen molar-refractivity contribution < 1.29 is 4.79 Å². The monoisotopic (exact) mass is 219 g/mol. The summed E-state index contributed by atoms with van der Waals surface area (Å²) in [6.45, 7) is 6.39. The zero-order valence-corrected chi connectivity index (χ0v) is 9.95. The van der Waals surface area contributed by atoms with Gasteiger partial charge in [-0.05, 0) is 26.8 Å². The van der Waals surface area contributed by atoms with Crippen LogP contribution in [0.2, 0.25) is 0 Å². The Morgan fingerprint density at radius 2 is 2.44 bits per heavy atom. The first-order chi connectivity index (χ1) is 7.58. The van der Waals surface area contributed by atoms with Crippen LogP contribution >= 0.6 is 0 Å². The number of rotatable bonds is 4. The standard InChI is InChI=1S/C12H17N3O/c1-5-7-9(3)13-12(16)11-8-10(4)14-15(11)6-2/h1,8-9H,6-7H2,2-4H3,(H,13,16). The predicted octanol–water partition coefficient (Wildman–Crippen LogP) is 1.35. The second-order valence-electron chi connectivity index (χ2n) is 3.77. The summed E-state index contributed by atoms with van der Waals surface area (Å²) < 4.78 is 1.69. The van der Waals surface area contributed by atoms with Gasteiger partial charge < -0.3 is 5.32 Å². The van der Waals surface area contributed by atoms with Crippen LogP contribution in [-0.4, -0.2) is 21.7 Å². The van der Waals surface area contributed by atoms with Crippen LogP contribution in [0.4, 0.5) is 0 Å². The van der Waals surface area contributed by atoms with Crippen molar-refractivity contribution in [3.05, 3.63) is 17.5 Å². The lowest BCUT2D eigenvalue weighted by atomic mass is 10.2. The number of hydrogen-bond acceptors (Lipinski definition) is 2. The van der Waals surface area contributed by atoms with Gasteiger partial charge in [0.1, 0.15) is 5.69 Å². The maximum absolute atomic E-state index is 11.9. The maximum atomic E-state index is 11.9. The van der Waals surface area contributed by atoms with Gasteiger partial charge in [0.25, 0.3) is 5.91 Å². The Hall–Kier alpha value is -1.76. The SMILES string of the molecule is C#CCC(C)NC(=O)c1cc(C)nn1CC. The summed E-state index contributed by atoms with van der Waals surface area (Å²) in [6, 6.07) is 1.76. The van der Waals surface area contributed by atoms with Gasteiger partial charge in [-0.25, -0.2) is 0 Å². The van der Waals surface area contributed by atoms with E-state index in [1.54, 1.807) is 10.7 Å². The molecule has 0 aliphatic carbocycles. The molecule has 1 amide bonds. The summed E-state index contributed by atoms with van der Waals surface area (Å²) in [5, 5.41) is 7.06. The fourth-order valence-electron chi connectivity index (χ4n) is 1.49. The summed E-state index contributed by atoms with van der Waals surface area (Å²) >= 11 is 0. The van der Waals surface area contributed by atoms with E-state index < -0.39 is 0 Å². The third kappa shape index (κ3) is 2.86. The lowest BCUT2D eigenvalue weighted by molar-refractivity contribution is 0.0930. The van der Waals surface area contributed by atoms with E-state index in [0.29, 0.717) is 18.7 Å². The number of nitrogens with zero attached hydrogens (tertiary/aromatic N) is 2. The van der Waals surface area contributed by atoms with Crippen molar-refractivity contribution in [1.82, 2.24) is 15.1 Å². The number of nitrogens with one attached hydrogen (secondary N) is 1. The molecule has 1 N–H and O–H groups in total. The second kappa shape index (κ2) is 5.36. The van der Waals surface area contributed by atoms with Gasteiger partial charge in [-0.1, -0.05) is 0 Å². The predicted molar refractivity (Wildman–Crippen MR) is 63.0 cm³/mol.